The first kappa shape index (κ1) is 13.6. The number of carbonyl (C=O) groups is 1. The van der Waals surface area contributed by atoms with Crippen molar-refractivity contribution < 1.29 is 9.53 Å². The fraction of sp³-hybridized carbons (Fsp3) is 0.214. The fourth-order valence-electron chi connectivity index (χ4n) is 1.87. The molecule has 20 heavy (non-hydrogen) atoms. The fourth-order valence-corrected chi connectivity index (χ4v) is 1.87. The van der Waals surface area contributed by atoms with Crippen LogP contribution in [0.5, 0.6) is 0 Å². The number of carbonyl (C=O) groups excluding carboxylic acids is 1. The van der Waals surface area contributed by atoms with Crippen molar-refractivity contribution in [3.63, 3.8) is 0 Å². The zero-order valence-electron chi connectivity index (χ0n) is 11.3. The minimum atomic E-state index is -0.650. The van der Waals surface area contributed by atoms with E-state index >= 15 is 0 Å². The summed E-state index contributed by atoms with van der Waals surface area (Å²) in [5.41, 5.74) is 7.55. The van der Waals surface area contributed by atoms with Gasteiger partial charge in [-0.1, -0.05) is 18.2 Å². The predicted octanol–water partition coefficient (Wildman–Crippen LogP) is 1.81. The molecule has 0 aliphatic rings. The molecule has 0 radical (unpaired) electrons. The maximum absolute atomic E-state index is 11.8. The third kappa shape index (κ3) is 2.21. The Morgan fingerprint density at radius 1 is 1.50 bits per heavy atom. The summed E-state index contributed by atoms with van der Waals surface area (Å²) in [6, 6.07) is 9.33. The lowest BCUT2D eigenvalue weighted by Gasteiger charge is -2.06. The highest BCUT2D eigenvalue weighted by Gasteiger charge is 2.23. The Morgan fingerprint density at radius 3 is 2.80 bits per heavy atom. The van der Waals surface area contributed by atoms with E-state index in [4.69, 9.17) is 15.7 Å². The van der Waals surface area contributed by atoms with E-state index in [-0.39, 0.29) is 23.7 Å². The van der Waals surface area contributed by atoms with Crippen molar-refractivity contribution in [3.05, 3.63) is 41.1 Å². The van der Waals surface area contributed by atoms with Gasteiger partial charge in [-0.15, -0.1) is 0 Å². The molecule has 1 aromatic heterocycles. The molecule has 0 unspecified atom stereocenters. The lowest BCUT2D eigenvalue weighted by molar-refractivity contribution is 0.0518. The van der Waals surface area contributed by atoms with Gasteiger partial charge in [0.05, 0.1) is 12.3 Å². The Hall–Kier alpha value is -2.81. The smallest absolute Gasteiger partial charge is 0.360 e. The Kier molecular flexibility index (Phi) is 3.71. The minimum absolute atomic E-state index is 0.0340. The number of nitrogen functional groups attached to an aromatic ring is 1. The number of nitrogens with two attached hydrogens (primary N) is 1. The van der Waals surface area contributed by atoms with Crippen molar-refractivity contribution in [1.29, 1.82) is 5.26 Å². The summed E-state index contributed by atoms with van der Waals surface area (Å²) in [5, 5.41) is 13.3. The second-order valence-corrected chi connectivity index (χ2v) is 4.14. The number of aryl methyl sites for hydroxylation is 1. The lowest BCUT2D eigenvalue weighted by Crippen LogP contribution is -2.08. The third-order valence-electron chi connectivity index (χ3n) is 2.85. The van der Waals surface area contributed by atoms with Gasteiger partial charge in [-0.2, -0.15) is 10.4 Å². The summed E-state index contributed by atoms with van der Waals surface area (Å²) < 4.78 is 6.27. The predicted molar refractivity (Wildman–Crippen MR) is 73.4 cm³/mol. The van der Waals surface area contributed by atoms with Crippen LogP contribution < -0.4 is 5.73 Å². The molecule has 1 aromatic carbocycles. The molecule has 6 heteroatoms. The maximum Gasteiger partial charge on any atom is 0.360 e. The van der Waals surface area contributed by atoms with Gasteiger partial charge in [-0.3, -0.25) is 0 Å². The minimum Gasteiger partial charge on any atom is -0.461 e. The van der Waals surface area contributed by atoms with Gasteiger partial charge < -0.3 is 10.5 Å². The standard InChI is InChI=1S/C14H14N4O2/c1-3-20-14(19)12-10(8-15)13(16)18(17-12)11-7-5-4-6-9(11)2/h4-7H,3,16H2,1-2H3. The molecule has 0 bridgehead atoms. The summed E-state index contributed by atoms with van der Waals surface area (Å²) in [4.78, 5) is 11.8. The van der Waals surface area contributed by atoms with Crippen LogP contribution in [0, 0.1) is 18.3 Å². The zero-order chi connectivity index (χ0) is 14.7. The van der Waals surface area contributed by atoms with Crippen molar-refractivity contribution in [3.8, 4) is 11.8 Å². The van der Waals surface area contributed by atoms with Crippen molar-refractivity contribution in [1.82, 2.24) is 9.78 Å². The number of nitrogens with zero attached hydrogens (tertiary/aromatic N) is 3. The van der Waals surface area contributed by atoms with E-state index < -0.39 is 5.97 Å². The maximum atomic E-state index is 11.8. The number of aromatic nitrogens is 2. The van der Waals surface area contributed by atoms with Crippen LogP contribution in [0.4, 0.5) is 5.82 Å². The van der Waals surface area contributed by atoms with Crippen LogP contribution in [-0.4, -0.2) is 22.4 Å². The van der Waals surface area contributed by atoms with Crippen LogP contribution in [0.25, 0.3) is 5.69 Å². The summed E-state index contributed by atoms with van der Waals surface area (Å²) in [5.74, 6) is -0.520. The quantitative estimate of drug-likeness (QED) is 0.858. The third-order valence-corrected chi connectivity index (χ3v) is 2.85. The van der Waals surface area contributed by atoms with Gasteiger partial charge in [0.25, 0.3) is 0 Å². The molecule has 6 nitrogen and oxygen atoms in total. The molecule has 0 aliphatic carbocycles. The zero-order valence-corrected chi connectivity index (χ0v) is 11.3. The monoisotopic (exact) mass is 270 g/mol. The topological polar surface area (TPSA) is 93.9 Å². The number of hydrogen-bond acceptors (Lipinski definition) is 5. The SMILES string of the molecule is CCOC(=O)c1nn(-c2ccccc2C)c(N)c1C#N. The molecule has 0 amide bonds. The van der Waals surface area contributed by atoms with E-state index in [0.29, 0.717) is 0 Å². The van der Waals surface area contributed by atoms with E-state index in [9.17, 15) is 4.79 Å². The molecular formula is C14H14N4O2. The van der Waals surface area contributed by atoms with Gasteiger partial charge in [-0.05, 0) is 25.5 Å². The molecule has 0 saturated carbocycles. The molecule has 0 saturated heterocycles. The first-order valence-corrected chi connectivity index (χ1v) is 6.11. The highest BCUT2D eigenvalue weighted by molar-refractivity contribution is 5.92. The van der Waals surface area contributed by atoms with E-state index in [1.54, 1.807) is 6.92 Å². The van der Waals surface area contributed by atoms with Crippen LogP contribution in [0.1, 0.15) is 28.5 Å². The van der Waals surface area contributed by atoms with Crippen LogP contribution in [0.15, 0.2) is 24.3 Å². The molecule has 2 rings (SSSR count). The van der Waals surface area contributed by atoms with Gasteiger partial charge in [0.1, 0.15) is 17.5 Å². The number of rotatable bonds is 3. The normalized spacial score (nSPS) is 10.1. The molecular weight excluding hydrogens is 256 g/mol. The Bertz CT molecular complexity index is 698. The molecule has 0 atom stereocenters. The number of hydrogen-bond donors (Lipinski definition) is 1. The van der Waals surface area contributed by atoms with Crippen molar-refractivity contribution in [2.75, 3.05) is 12.3 Å². The molecule has 0 aliphatic heterocycles. The largest absolute Gasteiger partial charge is 0.461 e. The van der Waals surface area contributed by atoms with Gasteiger partial charge in [0, 0.05) is 0 Å². The molecule has 1 heterocycles. The highest BCUT2D eigenvalue weighted by atomic mass is 16.5. The van der Waals surface area contributed by atoms with Gasteiger partial charge in [0.15, 0.2) is 5.69 Å². The first-order chi connectivity index (χ1) is 9.60. The second kappa shape index (κ2) is 5.45. The van der Waals surface area contributed by atoms with Crippen molar-refractivity contribution in [2.45, 2.75) is 13.8 Å². The number of ether oxygens (including phenoxy) is 1. The van der Waals surface area contributed by atoms with Crippen LogP contribution in [-0.2, 0) is 4.74 Å². The van der Waals surface area contributed by atoms with Crippen LogP contribution in [0.2, 0.25) is 0 Å². The van der Waals surface area contributed by atoms with E-state index in [1.807, 2.05) is 37.3 Å². The number of para-hydroxylation sites is 1. The summed E-state index contributed by atoms with van der Waals surface area (Å²) in [6.45, 7) is 3.79. The van der Waals surface area contributed by atoms with E-state index in [1.165, 1.54) is 4.68 Å². The Labute approximate surface area is 116 Å². The first-order valence-electron chi connectivity index (χ1n) is 6.11. The average molecular weight is 270 g/mol. The summed E-state index contributed by atoms with van der Waals surface area (Å²) in [7, 11) is 0. The van der Waals surface area contributed by atoms with Crippen LogP contribution >= 0.6 is 0 Å². The molecule has 102 valence electrons. The number of anilines is 1. The lowest BCUT2D eigenvalue weighted by atomic mass is 10.2. The number of nitriles is 1. The molecule has 0 spiro atoms. The Balaban J connectivity index is 2.60. The number of benzene rings is 1. The number of esters is 1. The van der Waals surface area contributed by atoms with Crippen LogP contribution in [0.3, 0.4) is 0 Å². The summed E-state index contributed by atoms with van der Waals surface area (Å²) >= 11 is 0. The second-order valence-electron chi connectivity index (χ2n) is 4.14. The Morgan fingerprint density at radius 2 is 2.20 bits per heavy atom. The van der Waals surface area contributed by atoms with Gasteiger partial charge in [-0.25, -0.2) is 9.48 Å². The van der Waals surface area contributed by atoms with Crippen molar-refractivity contribution >= 4 is 11.8 Å². The van der Waals surface area contributed by atoms with Gasteiger partial charge >= 0.3 is 5.97 Å². The molecule has 2 aromatic rings. The summed E-state index contributed by atoms with van der Waals surface area (Å²) in [6.07, 6.45) is 0. The highest BCUT2D eigenvalue weighted by Crippen LogP contribution is 2.23. The van der Waals surface area contributed by atoms with E-state index in [2.05, 4.69) is 5.10 Å². The van der Waals surface area contributed by atoms with Gasteiger partial charge in [0.2, 0.25) is 0 Å². The average Bonchev–Trinajstić information content (AvgIpc) is 2.76. The molecule has 2 N–H and O–H groups in total. The molecule has 0 fully saturated rings. The van der Waals surface area contributed by atoms with E-state index in [0.717, 1.165) is 11.3 Å². The van der Waals surface area contributed by atoms with Crippen molar-refractivity contribution in [2.24, 2.45) is 0 Å².